The van der Waals surface area contributed by atoms with Gasteiger partial charge in [-0.2, -0.15) is 0 Å². The monoisotopic (exact) mass is 400 g/mol. The Kier molecular flexibility index (Phi) is 4.24. The number of nitro groups is 1. The van der Waals surface area contributed by atoms with Crippen molar-refractivity contribution < 1.29 is 14.5 Å². The molecule has 8 nitrogen and oxygen atoms in total. The summed E-state index contributed by atoms with van der Waals surface area (Å²) >= 11 is 0. The van der Waals surface area contributed by atoms with Gasteiger partial charge in [0, 0.05) is 40.2 Å². The van der Waals surface area contributed by atoms with Crippen LogP contribution in [0.3, 0.4) is 0 Å². The molecule has 0 aliphatic heterocycles. The Labute approximate surface area is 170 Å². The van der Waals surface area contributed by atoms with Gasteiger partial charge in [-0.15, -0.1) is 0 Å². The zero-order valence-corrected chi connectivity index (χ0v) is 15.8. The van der Waals surface area contributed by atoms with Crippen molar-refractivity contribution >= 4 is 22.4 Å². The average Bonchev–Trinajstić information content (AvgIpc) is 3.25. The molecule has 0 saturated carbocycles. The van der Waals surface area contributed by atoms with Crippen LogP contribution in [0.4, 0.5) is 5.82 Å². The van der Waals surface area contributed by atoms with Crippen molar-refractivity contribution in [3.8, 4) is 17.0 Å². The quantitative estimate of drug-likeness (QED) is 0.242. The molecule has 0 spiro atoms. The van der Waals surface area contributed by atoms with Gasteiger partial charge in [0.05, 0.1) is 12.3 Å². The van der Waals surface area contributed by atoms with Gasteiger partial charge < -0.3 is 19.4 Å². The van der Waals surface area contributed by atoms with Crippen LogP contribution in [0.2, 0.25) is 0 Å². The van der Waals surface area contributed by atoms with Crippen molar-refractivity contribution in [3.05, 3.63) is 82.4 Å². The van der Waals surface area contributed by atoms with Crippen LogP contribution in [0.1, 0.15) is 22.3 Å². The lowest BCUT2D eigenvalue weighted by Crippen LogP contribution is -2.11. The van der Waals surface area contributed by atoms with Crippen molar-refractivity contribution in [2.75, 3.05) is 6.61 Å². The van der Waals surface area contributed by atoms with E-state index in [-0.39, 0.29) is 11.6 Å². The van der Waals surface area contributed by atoms with Gasteiger partial charge in [-0.3, -0.25) is 9.78 Å². The zero-order chi connectivity index (χ0) is 20.7. The Morgan fingerprint density at radius 2 is 1.87 bits per heavy atom. The minimum absolute atomic E-state index is 0.00986. The molecule has 8 heteroatoms. The third-order valence-electron chi connectivity index (χ3n) is 5.18. The van der Waals surface area contributed by atoms with Crippen molar-refractivity contribution in [1.82, 2.24) is 14.5 Å². The molecule has 0 atom stereocenters. The number of ether oxygens (including phenoxy) is 1. The molecule has 1 aliphatic rings. The van der Waals surface area contributed by atoms with Crippen molar-refractivity contribution in [2.24, 2.45) is 0 Å². The Balaban J connectivity index is 1.40. The minimum Gasteiger partial charge on any atom is -0.493 e. The number of benzene rings is 2. The predicted octanol–water partition coefficient (Wildman–Crippen LogP) is 4.02. The molecule has 0 fully saturated rings. The van der Waals surface area contributed by atoms with E-state index in [0.717, 1.165) is 22.0 Å². The number of imidazole rings is 1. The molecular weight excluding hydrogens is 384 g/mol. The third kappa shape index (κ3) is 2.89. The SMILES string of the molecule is O=C1c2ccccc2-c2nccc3c(OCCCn4cnc([N+](=O)[O-])c4)ccc1c23. The third-order valence-corrected chi connectivity index (χ3v) is 5.18. The lowest BCUT2D eigenvalue weighted by atomic mass is 9.85. The number of carbonyl (C=O) groups excluding carboxylic acids is 1. The first-order chi connectivity index (χ1) is 14.6. The maximum absolute atomic E-state index is 12.9. The normalized spacial score (nSPS) is 12.1. The maximum Gasteiger partial charge on any atom is 0.381 e. The smallest absolute Gasteiger partial charge is 0.381 e. The lowest BCUT2D eigenvalue weighted by Gasteiger charge is -2.20. The van der Waals surface area contributed by atoms with E-state index < -0.39 is 4.92 Å². The highest BCUT2D eigenvalue weighted by atomic mass is 16.6. The van der Waals surface area contributed by atoms with Gasteiger partial charge in [0.15, 0.2) is 5.78 Å². The van der Waals surface area contributed by atoms with Crippen LogP contribution in [0.25, 0.3) is 22.0 Å². The van der Waals surface area contributed by atoms with Gasteiger partial charge in [-0.25, -0.2) is 0 Å². The number of carbonyl (C=O) groups is 1. The van der Waals surface area contributed by atoms with Gasteiger partial charge >= 0.3 is 5.82 Å². The molecule has 0 saturated heterocycles. The molecule has 2 aromatic carbocycles. The summed E-state index contributed by atoms with van der Waals surface area (Å²) in [6, 6.07) is 13.0. The number of aromatic nitrogens is 3. The highest BCUT2D eigenvalue weighted by Gasteiger charge is 2.26. The maximum atomic E-state index is 12.9. The molecule has 5 rings (SSSR count). The first kappa shape index (κ1) is 18.0. The molecule has 0 amide bonds. The topological polar surface area (TPSA) is 100 Å². The minimum atomic E-state index is -0.518. The molecule has 148 valence electrons. The lowest BCUT2D eigenvalue weighted by molar-refractivity contribution is -0.389. The fourth-order valence-electron chi connectivity index (χ4n) is 3.82. The number of fused-ring (bicyclic) bond motifs is 2. The van der Waals surface area contributed by atoms with Gasteiger partial charge in [0.25, 0.3) is 0 Å². The van der Waals surface area contributed by atoms with Crippen LogP contribution >= 0.6 is 0 Å². The zero-order valence-electron chi connectivity index (χ0n) is 15.8. The standard InChI is InChI=1S/C22H16N4O4/c27-22-15-5-2-1-4-14(15)21-20-16(8-9-23-21)18(7-6-17(20)22)30-11-3-10-25-12-19(24-13-25)26(28)29/h1-2,4-9,12-13H,3,10-11H2. The van der Waals surface area contributed by atoms with Crippen LogP contribution in [-0.2, 0) is 6.54 Å². The average molecular weight is 400 g/mol. The van der Waals surface area contributed by atoms with E-state index in [4.69, 9.17) is 4.74 Å². The summed E-state index contributed by atoms with van der Waals surface area (Å²) in [6.45, 7) is 0.970. The Hall–Kier alpha value is -4.07. The number of pyridine rings is 1. The van der Waals surface area contributed by atoms with E-state index in [1.807, 2.05) is 36.4 Å². The molecule has 30 heavy (non-hydrogen) atoms. The van der Waals surface area contributed by atoms with E-state index in [0.29, 0.717) is 36.4 Å². The second kappa shape index (κ2) is 7.07. The molecule has 1 aliphatic carbocycles. The molecular formula is C22H16N4O4. The second-order valence-corrected chi connectivity index (χ2v) is 7.00. The van der Waals surface area contributed by atoms with Gasteiger partial charge in [0.2, 0.25) is 6.33 Å². The Bertz CT molecular complexity index is 1310. The van der Waals surface area contributed by atoms with Gasteiger partial charge in [-0.1, -0.05) is 24.3 Å². The Morgan fingerprint density at radius 3 is 2.67 bits per heavy atom. The molecule has 0 unspecified atom stereocenters. The largest absolute Gasteiger partial charge is 0.493 e. The summed E-state index contributed by atoms with van der Waals surface area (Å²) in [7, 11) is 0. The number of hydrogen-bond acceptors (Lipinski definition) is 6. The first-order valence-electron chi connectivity index (χ1n) is 9.48. The van der Waals surface area contributed by atoms with Crippen LogP contribution in [0.15, 0.2) is 61.2 Å². The summed E-state index contributed by atoms with van der Waals surface area (Å²) in [6.07, 6.45) is 5.22. The van der Waals surface area contributed by atoms with Crippen LogP contribution < -0.4 is 4.74 Å². The van der Waals surface area contributed by atoms with Crippen LogP contribution in [0.5, 0.6) is 5.75 Å². The molecule has 4 aromatic rings. The fraction of sp³-hybridized carbons (Fsp3) is 0.136. The predicted molar refractivity (Wildman–Crippen MR) is 110 cm³/mol. The summed E-state index contributed by atoms with van der Waals surface area (Å²) < 4.78 is 7.66. The van der Waals surface area contributed by atoms with Gasteiger partial charge in [0.1, 0.15) is 11.9 Å². The molecule has 0 bridgehead atoms. The first-order valence-corrected chi connectivity index (χ1v) is 9.48. The van der Waals surface area contributed by atoms with Crippen molar-refractivity contribution in [1.29, 1.82) is 0 Å². The van der Waals surface area contributed by atoms with Gasteiger partial charge in [-0.05, 0) is 34.5 Å². The van der Waals surface area contributed by atoms with E-state index in [1.165, 1.54) is 12.5 Å². The molecule has 0 radical (unpaired) electrons. The highest BCUT2D eigenvalue weighted by molar-refractivity contribution is 6.25. The van der Waals surface area contributed by atoms with Crippen LogP contribution in [0, 0.1) is 10.1 Å². The summed E-state index contributed by atoms with van der Waals surface area (Å²) in [4.78, 5) is 31.4. The summed E-state index contributed by atoms with van der Waals surface area (Å²) in [5, 5.41) is 12.4. The number of aryl methyl sites for hydroxylation is 1. The summed E-state index contributed by atoms with van der Waals surface area (Å²) in [5.74, 6) is 0.502. The van der Waals surface area contributed by atoms with E-state index in [2.05, 4.69) is 9.97 Å². The van der Waals surface area contributed by atoms with Crippen molar-refractivity contribution in [3.63, 3.8) is 0 Å². The van der Waals surface area contributed by atoms with E-state index in [1.54, 1.807) is 16.8 Å². The van der Waals surface area contributed by atoms with E-state index >= 15 is 0 Å². The number of hydrogen-bond donors (Lipinski definition) is 0. The molecule has 2 heterocycles. The van der Waals surface area contributed by atoms with Crippen molar-refractivity contribution in [2.45, 2.75) is 13.0 Å². The Morgan fingerprint density at radius 1 is 1.03 bits per heavy atom. The molecule has 2 aromatic heterocycles. The van der Waals surface area contributed by atoms with E-state index in [9.17, 15) is 14.9 Å². The summed E-state index contributed by atoms with van der Waals surface area (Å²) in [5.41, 5.74) is 2.91. The van der Waals surface area contributed by atoms with Crippen LogP contribution in [-0.4, -0.2) is 31.8 Å². The number of ketones is 1. The second-order valence-electron chi connectivity index (χ2n) is 7.00. The molecule has 0 N–H and O–H groups in total. The fourth-order valence-corrected chi connectivity index (χ4v) is 3.82. The highest BCUT2D eigenvalue weighted by Crippen LogP contribution is 2.40. The number of nitrogens with zero attached hydrogens (tertiary/aromatic N) is 4. The number of rotatable bonds is 6.